The molecule has 0 saturated heterocycles. The molecule has 5 heteroatoms. The average molecular weight is 262 g/mol. The van der Waals surface area contributed by atoms with E-state index in [1.165, 1.54) is 11.3 Å². The van der Waals surface area contributed by atoms with Crippen molar-refractivity contribution in [2.45, 2.75) is 12.5 Å². The number of hydrogen-bond donors (Lipinski definition) is 2. The zero-order valence-corrected chi connectivity index (χ0v) is 10.6. The van der Waals surface area contributed by atoms with Gasteiger partial charge in [-0.1, -0.05) is 6.07 Å². The number of thiophene rings is 1. The minimum Gasteiger partial charge on any atom is -0.395 e. The third kappa shape index (κ3) is 3.15. The van der Waals surface area contributed by atoms with Gasteiger partial charge in [0.1, 0.15) is 0 Å². The van der Waals surface area contributed by atoms with Crippen LogP contribution in [0.25, 0.3) is 0 Å². The van der Waals surface area contributed by atoms with Crippen LogP contribution in [0.15, 0.2) is 41.4 Å². The van der Waals surface area contributed by atoms with Crippen molar-refractivity contribution >= 4 is 17.2 Å². The first-order chi connectivity index (χ1) is 8.81. The summed E-state index contributed by atoms with van der Waals surface area (Å²) in [7, 11) is 0. The molecule has 1 amide bonds. The minimum absolute atomic E-state index is 0.167. The standard InChI is InChI=1S/C13H14N2O2S/c16-8-12(11-3-5-18-9-11)13(17)15-7-10-2-1-4-14-6-10/h1-6,9,12,16H,7-8H2,(H,15,17)/t12-/m0/s1. The third-order valence-electron chi connectivity index (χ3n) is 2.63. The zero-order valence-electron chi connectivity index (χ0n) is 9.74. The van der Waals surface area contributed by atoms with Crippen LogP contribution in [-0.2, 0) is 11.3 Å². The van der Waals surface area contributed by atoms with E-state index in [9.17, 15) is 9.90 Å². The SMILES string of the molecule is O=C(NCc1cccnc1)[C@@H](CO)c1ccsc1. The van der Waals surface area contributed by atoms with E-state index < -0.39 is 5.92 Å². The van der Waals surface area contributed by atoms with Gasteiger partial charge in [0.25, 0.3) is 0 Å². The van der Waals surface area contributed by atoms with Crippen molar-refractivity contribution in [3.63, 3.8) is 0 Å². The lowest BCUT2D eigenvalue weighted by atomic mass is 10.0. The zero-order chi connectivity index (χ0) is 12.8. The Balaban J connectivity index is 1.95. The molecule has 0 aromatic carbocycles. The molecule has 18 heavy (non-hydrogen) atoms. The summed E-state index contributed by atoms with van der Waals surface area (Å²) in [5.41, 5.74) is 1.79. The van der Waals surface area contributed by atoms with Gasteiger partial charge in [0.2, 0.25) is 5.91 Å². The number of aliphatic hydroxyl groups excluding tert-OH is 1. The highest BCUT2D eigenvalue weighted by Gasteiger charge is 2.19. The van der Waals surface area contributed by atoms with Crippen LogP contribution in [0.1, 0.15) is 17.0 Å². The molecule has 2 aromatic rings. The van der Waals surface area contributed by atoms with E-state index in [0.717, 1.165) is 11.1 Å². The molecule has 2 heterocycles. The van der Waals surface area contributed by atoms with Crippen LogP contribution in [-0.4, -0.2) is 22.6 Å². The van der Waals surface area contributed by atoms with Crippen LogP contribution in [0.4, 0.5) is 0 Å². The molecule has 2 rings (SSSR count). The maximum Gasteiger partial charge on any atom is 0.230 e. The molecule has 0 aliphatic heterocycles. The molecule has 94 valence electrons. The Kier molecular flexibility index (Phi) is 4.44. The first-order valence-electron chi connectivity index (χ1n) is 5.61. The average Bonchev–Trinajstić information content (AvgIpc) is 2.92. The van der Waals surface area contributed by atoms with E-state index >= 15 is 0 Å². The second kappa shape index (κ2) is 6.28. The highest BCUT2D eigenvalue weighted by Crippen LogP contribution is 2.18. The monoisotopic (exact) mass is 262 g/mol. The van der Waals surface area contributed by atoms with Crippen LogP contribution in [0, 0.1) is 0 Å². The number of amides is 1. The molecule has 0 bridgehead atoms. The second-order valence-electron chi connectivity index (χ2n) is 3.87. The molecule has 0 saturated carbocycles. The predicted molar refractivity (Wildman–Crippen MR) is 70.2 cm³/mol. The van der Waals surface area contributed by atoms with E-state index in [1.807, 2.05) is 29.0 Å². The Labute approximate surface area is 109 Å². The number of nitrogens with one attached hydrogen (secondary N) is 1. The van der Waals surface area contributed by atoms with E-state index in [1.54, 1.807) is 12.4 Å². The largest absolute Gasteiger partial charge is 0.395 e. The van der Waals surface area contributed by atoms with Gasteiger partial charge in [-0.15, -0.1) is 0 Å². The Morgan fingerprint density at radius 2 is 2.39 bits per heavy atom. The minimum atomic E-state index is -0.493. The van der Waals surface area contributed by atoms with Crippen molar-refractivity contribution in [1.29, 1.82) is 0 Å². The fraction of sp³-hybridized carbons (Fsp3) is 0.231. The lowest BCUT2D eigenvalue weighted by Crippen LogP contribution is -2.30. The summed E-state index contributed by atoms with van der Waals surface area (Å²) in [5.74, 6) is -0.660. The molecule has 0 fully saturated rings. The number of carbonyl (C=O) groups is 1. The topological polar surface area (TPSA) is 62.2 Å². The summed E-state index contributed by atoms with van der Waals surface area (Å²) >= 11 is 1.51. The summed E-state index contributed by atoms with van der Waals surface area (Å²) < 4.78 is 0. The van der Waals surface area contributed by atoms with Crippen LogP contribution in [0.3, 0.4) is 0 Å². The molecule has 2 aromatic heterocycles. The molecule has 0 aliphatic rings. The summed E-state index contributed by atoms with van der Waals surface area (Å²) in [6.07, 6.45) is 3.39. The number of rotatable bonds is 5. The quantitative estimate of drug-likeness (QED) is 0.859. The molecule has 2 N–H and O–H groups in total. The lowest BCUT2D eigenvalue weighted by molar-refractivity contribution is -0.123. The molecular formula is C13H14N2O2S. The van der Waals surface area contributed by atoms with Crippen LogP contribution in [0.2, 0.25) is 0 Å². The Morgan fingerprint density at radius 3 is 3.00 bits per heavy atom. The van der Waals surface area contributed by atoms with E-state index in [2.05, 4.69) is 10.3 Å². The van der Waals surface area contributed by atoms with Crippen LogP contribution in [0.5, 0.6) is 0 Å². The molecule has 1 atom stereocenters. The van der Waals surface area contributed by atoms with Crippen molar-refractivity contribution in [3.8, 4) is 0 Å². The molecule has 4 nitrogen and oxygen atoms in total. The van der Waals surface area contributed by atoms with Crippen molar-refractivity contribution < 1.29 is 9.90 Å². The lowest BCUT2D eigenvalue weighted by Gasteiger charge is -2.13. The molecule has 0 unspecified atom stereocenters. The highest BCUT2D eigenvalue weighted by molar-refractivity contribution is 7.08. The summed E-state index contributed by atoms with van der Waals surface area (Å²) in [6, 6.07) is 5.57. The van der Waals surface area contributed by atoms with Crippen molar-refractivity contribution in [1.82, 2.24) is 10.3 Å². The third-order valence-corrected chi connectivity index (χ3v) is 3.34. The number of pyridine rings is 1. The van der Waals surface area contributed by atoms with Gasteiger partial charge in [-0.3, -0.25) is 9.78 Å². The van der Waals surface area contributed by atoms with Gasteiger partial charge in [-0.2, -0.15) is 11.3 Å². The van der Waals surface area contributed by atoms with Crippen LogP contribution < -0.4 is 5.32 Å². The van der Waals surface area contributed by atoms with Crippen molar-refractivity contribution in [2.75, 3.05) is 6.61 Å². The van der Waals surface area contributed by atoms with Crippen LogP contribution >= 0.6 is 11.3 Å². The van der Waals surface area contributed by atoms with Gasteiger partial charge in [-0.05, 0) is 34.0 Å². The Bertz CT molecular complexity index is 485. The van der Waals surface area contributed by atoms with Gasteiger partial charge < -0.3 is 10.4 Å². The summed E-state index contributed by atoms with van der Waals surface area (Å²) in [5, 5.41) is 15.9. The maximum atomic E-state index is 12.0. The first kappa shape index (κ1) is 12.7. The number of carbonyl (C=O) groups excluding carboxylic acids is 1. The predicted octanol–water partition coefficient (Wildman–Crippen LogP) is 1.54. The second-order valence-corrected chi connectivity index (χ2v) is 4.65. The van der Waals surface area contributed by atoms with Gasteiger partial charge in [-0.25, -0.2) is 0 Å². The number of aromatic nitrogens is 1. The fourth-order valence-electron chi connectivity index (χ4n) is 1.63. The molecule has 0 spiro atoms. The maximum absolute atomic E-state index is 12.0. The normalized spacial score (nSPS) is 12.1. The van der Waals surface area contributed by atoms with Gasteiger partial charge in [0, 0.05) is 18.9 Å². The molecular weight excluding hydrogens is 248 g/mol. The van der Waals surface area contributed by atoms with Gasteiger partial charge in [0.05, 0.1) is 12.5 Å². The van der Waals surface area contributed by atoms with Gasteiger partial charge in [0.15, 0.2) is 0 Å². The molecule has 0 radical (unpaired) electrons. The number of hydrogen-bond acceptors (Lipinski definition) is 4. The number of aliphatic hydroxyl groups is 1. The van der Waals surface area contributed by atoms with Crippen molar-refractivity contribution in [2.24, 2.45) is 0 Å². The van der Waals surface area contributed by atoms with E-state index in [-0.39, 0.29) is 12.5 Å². The van der Waals surface area contributed by atoms with E-state index in [4.69, 9.17) is 0 Å². The Hall–Kier alpha value is -1.72. The first-order valence-corrected chi connectivity index (χ1v) is 6.55. The van der Waals surface area contributed by atoms with E-state index in [0.29, 0.717) is 6.54 Å². The summed E-state index contributed by atoms with van der Waals surface area (Å²) in [4.78, 5) is 15.9. The van der Waals surface area contributed by atoms with Crippen molar-refractivity contribution in [3.05, 3.63) is 52.5 Å². The highest BCUT2D eigenvalue weighted by atomic mass is 32.1. The summed E-state index contributed by atoms with van der Waals surface area (Å²) in [6.45, 7) is 0.239. The fourth-order valence-corrected chi connectivity index (χ4v) is 2.34. The smallest absolute Gasteiger partial charge is 0.230 e. The molecule has 0 aliphatic carbocycles. The van der Waals surface area contributed by atoms with Gasteiger partial charge >= 0.3 is 0 Å². The Morgan fingerprint density at radius 1 is 1.50 bits per heavy atom. The number of nitrogens with zero attached hydrogens (tertiary/aromatic N) is 1.